The smallest absolute Gasteiger partial charge is 0.264 e. The molecule has 4 rings (SSSR count). The van der Waals surface area contributed by atoms with Gasteiger partial charge >= 0.3 is 0 Å². The van der Waals surface area contributed by atoms with Crippen molar-refractivity contribution in [3.8, 4) is 0 Å². The van der Waals surface area contributed by atoms with E-state index >= 15 is 0 Å². The van der Waals surface area contributed by atoms with Crippen LogP contribution in [0.2, 0.25) is 0 Å². The van der Waals surface area contributed by atoms with Crippen molar-refractivity contribution in [2.75, 3.05) is 17.9 Å². The number of nitrogens with one attached hydrogen (secondary N) is 1. The fourth-order valence-electron chi connectivity index (χ4n) is 4.86. The van der Waals surface area contributed by atoms with E-state index in [9.17, 15) is 18.0 Å². The number of aryl methyl sites for hydroxylation is 2. The average Bonchev–Trinajstić information content (AvgIpc) is 3.00. The highest BCUT2D eigenvalue weighted by Crippen LogP contribution is 2.29. The molecule has 0 unspecified atom stereocenters. The Morgan fingerprint density at radius 3 is 1.95 bits per heavy atom. The molecule has 1 N–H and O–H groups in total. The van der Waals surface area contributed by atoms with Gasteiger partial charge in [0, 0.05) is 20.0 Å². The summed E-state index contributed by atoms with van der Waals surface area (Å²) in [6.07, 6.45) is 0.271. The summed E-state index contributed by atoms with van der Waals surface area (Å²) in [6.45, 7) is 5.29. The Labute approximate surface area is 248 Å². The predicted molar refractivity (Wildman–Crippen MR) is 167 cm³/mol. The number of hydrogen-bond acceptors (Lipinski definition) is 4. The third-order valence-electron chi connectivity index (χ3n) is 7.45. The molecule has 218 valence electrons. The van der Waals surface area contributed by atoms with E-state index < -0.39 is 28.5 Å². The van der Waals surface area contributed by atoms with Crippen LogP contribution in [0.25, 0.3) is 0 Å². The molecule has 0 aliphatic carbocycles. The van der Waals surface area contributed by atoms with Crippen molar-refractivity contribution < 1.29 is 18.0 Å². The van der Waals surface area contributed by atoms with Crippen molar-refractivity contribution in [3.05, 3.63) is 131 Å². The fraction of sp³-hybridized carbons (Fsp3) is 0.235. The molecule has 4 aromatic carbocycles. The standard InChI is InChI=1S/C34H37N3O4S/c1-25-18-20-30(21-19-25)42(40,41)37(31-17-11-12-26(2)27(31)3)24-33(38)36(23-29-15-9-6-10-16-29)32(34(39)35-4)22-28-13-7-5-8-14-28/h5-21,32H,22-24H2,1-4H3,(H,35,39)/t32-/m1/s1. The van der Waals surface area contributed by atoms with E-state index in [1.807, 2.05) is 87.5 Å². The molecule has 0 bridgehead atoms. The lowest BCUT2D eigenvalue weighted by molar-refractivity contribution is -0.139. The number of hydrogen-bond donors (Lipinski definition) is 1. The van der Waals surface area contributed by atoms with E-state index in [-0.39, 0.29) is 23.8 Å². The predicted octanol–water partition coefficient (Wildman–Crippen LogP) is 5.19. The van der Waals surface area contributed by atoms with E-state index in [2.05, 4.69) is 5.32 Å². The summed E-state index contributed by atoms with van der Waals surface area (Å²) < 4.78 is 29.5. The summed E-state index contributed by atoms with van der Waals surface area (Å²) in [5.74, 6) is -0.817. The minimum absolute atomic E-state index is 0.0866. The zero-order chi connectivity index (χ0) is 30.3. The fourth-order valence-corrected chi connectivity index (χ4v) is 6.33. The first kappa shape index (κ1) is 30.5. The van der Waals surface area contributed by atoms with Gasteiger partial charge in [-0.3, -0.25) is 13.9 Å². The van der Waals surface area contributed by atoms with Crippen molar-refractivity contribution in [2.24, 2.45) is 0 Å². The van der Waals surface area contributed by atoms with E-state index in [0.29, 0.717) is 5.69 Å². The Kier molecular flexibility index (Phi) is 9.80. The number of carbonyl (C=O) groups is 2. The Bertz CT molecular complexity index is 1620. The van der Waals surface area contributed by atoms with Crippen molar-refractivity contribution in [2.45, 2.75) is 44.7 Å². The summed E-state index contributed by atoms with van der Waals surface area (Å²) in [5, 5.41) is 2.70. The lowest BCUT2D eigenvalue weighted by atomic mass is 10.0. The minimum Gasteiger partial charge on any atom is -0.357 e. The van der Waals surface area contributed by atoms with Crippen LogP contribution in [0.1, 0.15) is 27.8 Å². The molecule has 0 aliphatic rings. The number of amides is 2. The Hall–Kier alpha value is -4.43. The van der Waals surface area contributed by atoms with Crippen LogP contribution in [0.5, 0.6) is 0 Å². The maximum absolute atomic E-state index is 14.4. The first-order valence-corrected chi connectivity index (χ1v) is 15.3. The number of sulfonamides is 1. The van der Waals surface area contributed by atoms with Gasteiger partial charge in [0.2, 0.25) is 11.8 Å². The third-order valence-corrected chi connectivity index (χ3v) is 9.22. The number of benzene rings is 4. The molecule has 0 heterocycles. The van der Waals surface area contributed by atoms with Crippen LogP contribution in [-0.2, 0) is 32.6 Å². The van der Waals surface area contributed by atoms with Crippen LogP contribution in [0.3, 0.4) is 0 Å². The highest BCUT2D eigenvalue weighted by molar-refractivity contribution is 7.92. The van der Waals surface area contributed by atoms with Gasteiger partial charge < -0.3 is 10.2 Å². The maximum atomic E-state index is 14.4. The molecular formula is C34H37N3O4S. The number of anilines is 1. The molecule has 0 radical (unpaired) electrons. The molecule has 1 atom stereocenters. The highest BCUT2D eigenvalue weighted by atomic mass is 32.2. The zero-order valence-corrected chi connectivity index (χ0v) is 25.3. The summed E-state index contributed by atoms with van der Waals surface area (Å²) in [7, 11) is -2.60. The number of rotatable bonds is 11. The average molecular weight is 584 g/mol. The number of carbonyl (C=O) groups excluding carboxylic acids is 2. The normalized spacial score (nSPS) is 11.9. The van der Waals surface area contributed by atoms with Crippen molar-refractivity contribution in [1.82, 2.24) is 10.2 Å². The first-order chi connectivity index (χ1) is 20.1. The molecule has 0 aliphatic heterocycles. The van der Waals surface area contributed by atoms with Crippen LogP contribution in [-0.4, -0.2) is 44.8 Å². The quantitative estimate of drug-likeness (QED) is 0.263. The second-order valence-corrected chi connectivity index (χ2v) is 12.2. The molecular weight excluding hydrogens is 546 g/mol. The minimum atomic E-state index is -4.14. The monoisotopic (exact) mass is 583 g/mol. The largest absolute Gasteiger partial charge is 0.357 e. The first-order valence-electron chi connectivity index (χ1n) is 13.9. The van der Waals surface area contributed by atoms with Gasteiger partial charge in [-0.15, -0.1) is 0 Å². The van der Waals surface area contributed by atoms with Crippen LogP contribution in [0.4, 0.5) is 5.69 Å². The summed E-state index contributed by atoms with van der Waals surface area (Å²) in [5.41, 5.74) is 4.71. The molecule has 0 saturated carbocycles. The van der Waals surface area contributed by atoms with Gasteiger partial charge in [0.05, 0.1) is 10.6 Å². The number of nitrogens with zero attached hydrogens (tertiary/aromatic N) is 2. The summed E-state index contributed by atoms with van der Waals surface area (Å²) in [4.78, 5) is 29.2. The Morgan fingerprint density at radius 1 is 0.762 bits per heavy atom. The van der Waals surface area contributed by atoms with E-state index in [1.54, 1.807) is 36.4 Å². The van der Waals surface area contributed by atoms with Crippen LogP contribution in [0.15, 0.2) is 108 Å². The van der Waals surface area contributed by atoms with Gasteiger partial charge in [-0.2, -0.15) is 0 Å². The van der Waals surface area contributed by atoms with Gasteiger partial charge in [0.1, 0.15) is 12.6 Å². The van der Waals surface area contributed by atoms with Crippen LogP contribution < -0.4 is 9.62 Å². The second kappa shape index (κ2) is 13.5. The van der Waals surface area contributed by atoms with Crippen molar-refractivity contribution in [3.63, 3.8) is 0 Å². The lowest BCUT2D eigenvalue weighted by Gasteiger charge is -2.34. The number of likely N-dealkylation sites (N-methyl/N-ethyl adjacent to an activating group) is 1. The van der Waals surface area contributed by atoms with E-state index in [4.69, 9.17) is 0 Å². The van der Waals surface area contributed by atoms with E-state index in [1.165, 1.54) is 16.3 Å². The third kappa shape index (κ3) is 7.06. The van der Waals surface area contributed by atoms with Crippen LogP contribution in [0, 0.1) is 20.8 Å². The molecule has 0 spiro atoms. The second-order valence-electron chi connectivity index (χ2n) is 10.4. The summed E-state index contributed by atoms with van der Waals surface area (Å²) in [6, 6.07) is 30.0. The molecule has 8 heteroatoms. The SMILES string of the molecule is CNC(=O)[C@@H](Cc1ccccc1)N(Cc1ccccc1)C(=O)CN(c1cccc(C)c1C)S(=O)(=O)c1ccc(C)cc1. The van der Waals surface area contributed by atoms with Gasteiger partial charge in [-0.25, -0.2) is 8.42 Å². The maximum Gasteiger partial charge on any atom is 0.264 e. The van der Waals surface area contributed by atoms with Gasteiger partial charge in [0.15, 0.2) is 0 Å². The van der Waals surface area contributed by atoms with Gasteiger partial charge in [-0.05, 0) is 61.2 Å². The van der Waals surface area contributed by atoms with Crippen LogP contribution >= 0.6 is 0 Å². The topological polar surface area (TPSA) is 86.8 Å². The Morgan fingerprint density at radius 2 is 1.36 bits per heavy atom. The summed E-state index contributed by atoms with van der Waals surface area (Å²) >= 11 is 0. The van der Waals surface area contributed by atoms with Gasteiger partial charge in [-0.1, -0.05) is 90.5 Å². The Balaban J connectivity index is 1.81. The molecule has 7 nitrogen and oxygen atoms in total. The lowest BCUT2D eigenvalue weighted by Crippen LogP contribution is -2.53. The molecule has 4 aromatic rings. The van der Waals surface area contributed by atoms with E-state index in [0.717, 1.165) is 27.8 Å². The molecule has 42 heavy (non-hydrogen) atoms. The van der Waals surface area contributed by atoms with Gasteiger partial charge in [0.25, 0.3) is 10.0 Å². The molecule has 0 saturated heterocycles. The van der Waals surface area contributed by atoms with Crippen molar-refractivity contribution >= 4 is 27.5 Å². The van der Waals surface area contributed by atoms with Crippen molar-refractivity contribution in [1.29, 1.82) is 0 Å². The molecule has 0 aromatic heterocycles. The molecule has 2 amide bonds. The zero-order valence-electron chi connectivity index (χ0n) is 24.4. The highest BCUT2D eigenvalue weighted by Gasteiger charge is 2.34. The molecule has 0 fully saturated rings.